The number of hydrogen-bond donors (Lipinski definition) is 0. The fraction of sp³-hybridized carbons (Fsp3) is 0.933. The highest BCUT2D eigenvalue weighted by Gasteiger charge is 2.24. The molecule has 1 aliphatic rings. The Balaban J connectivity index is 1.81. The van der Waals surface area contributed by atoms with Gasteiger partial charge in [-0.15, -0.1) is 5.10 Å². The molecule has 6 heteroatoms. The van der Waals surface area contributed by atoms with Crippen LogP contribution in [0.4, 0.5) is 0 Å². The van der Waals surface area contributed by atoms with Gasteiger partial charge in [-0.1, -0.05) is 13.8 Å². The Hall–Kier alpha value is -0.780. The van der Waals surface area contributed by atoms with Crippen molar-refractivity contribution in [3.05, 3.63) is 5.82 Å². The van der Waals surface area contributed by atoms with E-state index in [0.29, 0.717) is 5.75 Å². The zero-order valence-corrected chi connectivity index (χ0v) is 14.5. The van der Waals surface area contributed by atoms with Gasteiger partial charge >= 0.3 is 0 Å². The first-order valence-electron chi connectivity index (χ1n) is 8.07. The SMILES string of the molecule is CC(C)n1nnnc1C[S@](=O)CCC1C[C@H](C)C[C@@H](C)C1. The Bertz CT molecular complexity index is 464. The first-order chi connectivity index (χ1) is 9.95. The molecule has 120 valence electrons. The van der Waals surface area contributed by atoms with Gasteiger partial charge in [0.2, 0.25) is 0 Å². The van der Waals surface area contributed by atoms with Crippen LogP contribution in [0.25, 0.3) is 0 Å². The highest BCUT2D eigenvalue weighted by molar-refractivity contribution is 7.84. The fourth-order valence-corrected chi connectivity index (χ4v) is 4.79. The molecule has 0 aromatic carbocycles. The van der Waals surface area contributed by atoms with Crippen molar-refractivity contribution in [2.45, 2.75) is 65.2 Å². The van der Waals surface area contributed by atoms with Crippen LogP contribution in [0.15, 0.2) is 0 Å². The summed E-state index contributed by atoms with van der Waals surface area (Å²) >= 11 is 0. The lowest BCUT2D eigenvalue weighted by atomic mass is 9.76. The maximum absolute atomic E-state index is 12.3. The van der Waals surface area contributed by atoms with Crippen LogP contribution in [-0.2, 0) is 16.6 Å². The molecule has 1 heterocycles. The van der Waals surface area contributed by atoms with Crippen LogP contribution >= 0.6 is 0 Å². The second kappa shape index (κ2) is 7.47. The highest BCUT2D eigenvalue weighted by Crippen LogP contribution is 2.34. The minimum Gasteiger partial charge on any atom is -0.259 e. The lowest BCUT2D eigenvalue weighted by Gasteiger charge is -2.31. The fourth-order valence-electron chi connectivity index (χ4n) is 3.57. The van der Waals surface area contributed by atoms with Gasteiger partial charge in [-0.2, -0.15) is 0 Å². The molecule has 1 fully saturated rings. The van der Waals surface area contributed by atoms with E-state index in [4.69, 9.17) is 0 Å². The summed E-state index contributed by atoms with van der Waals surface area (Å²) in [5, 5.41) is 11.7. The van der Waals surface area contributed by atoms with E-state index < -0.39 is 10.8 Å². The molecule has 1 aromatic heterocycles. The average Bonchev–Trinajstić information content (AvgIpc) is 2.83. The smallest absolute Gasteiger partial charge is 0.164 e. The van der Waals surface area contributed by atoms with E-state index in [2.05, 4.69) is 29.4 Å². The van der Waals surface area contributed by atoms with Gasteiger partial charge in [0, 0.05) is 16.6 Å². The van der Waals surface area contributed by atoms with E-state index in [9.17, 15) is 4.21 Å². The van der Waals surface area contributed by atoms with E-state index in [1.54, 1.807) is 4.68 Å². The van der Waals surface area contributed by atoms with Gasteiger partial charge in [0.15, 0.2) is 5.82 Å². The molecule has 0 spiro atoms. The number of nitrogens with zero attached hydrogens (tertiary/aromatic N) is 4. The van der Waals surface area contributed by atoms with Crippen molar-refractivity contribution in [2.24, 2.45) is 17.8 Å². The summed E-state index contributed by atoms with van der Waals surface area (Å²) in [7, 11) is -0.864. The van der Waals surface area contributed by atoms with Crippen LogP contribution in [0, 0.1) is 17.8 Å². The lowest BCUT2D eigenvalue weighted by Crippen LogP contribution is -2.21. The molecule has 21 heavy (non-hydrogen) atoms. The maximum atomic E-state index is 12.3. The molecule has 1 saturated carbocycles. The Labute approximate surface area is 130 Å². The van der Waals surface area contributed by atoms with Gasteiger partial charge in [0.05, 0.1) is 11.8 Å². The van der Waals surface area contributed by atoms with Crippen LogP contribution in [0.3, 0.4) is 0 Å². The third-order valence-corrected chi connectivity index (χ3v) is 5.64. The summed E-state index contributed by atoms with van der Waals surface area (Å²) in [6.45, 7) is 8.76. The highest BCUT2D eigenvalue weighted by atomic mass is 32.2. The van der Waals surface area contributed by atoms with Crippen molar-refractivity contribution in [1.82, 2.24) is 20.2 Å². The third kappa shape index (κ3) is 4.87. The summed E-state index contributed by atoms with van der Waals surface area (Å²) in [6, 6.07) is 0.215. The molecule has 0 saturated heterocycles. The Kier molecular flexibility index (Phi) is 5.90. The summed E-state index contributed by atoms with van der Waals surface area (Å²) in [4.78, 5) is 0. The predicted molar refractivity (Wildman–Crippen MR) is 85.2 cm³/mol. The largest absolute Gasteiger partial charge is 0.259 e. The van der Waals surface area contributed by atoms with E-state index in [0.717, 1.165) is 35.8 Å². The minimum absolute atomic E-state index is 0.215. The number of aromatic nitrogens is 4. The standard InChI is InChI=1S/C15H28N4OS/c1-11(2)19-15(16-17-18-19)10-21(20)6-5-14-8-12(3)7-13(4)9-14/h11-14H,5-10H2,1-4H3/t12-,13-,21-/m1/s1. The molecule has 0 unspecified atom stereocenters. The maximum Gasteiger partial charge on any atom is 0.164 e. The molecule has 0 N–H and O–H groups in total. The Morgan fingerprint density at radius 2 is 1.90 bits per heavy atom. The quantitative estimate of drug-likeness (QED) is 0.810. The Morgan fingerprint density at radius 1 is 1.24 bits per heavy atom. The van der Waals surface area contributed by atoms with E-state index >= 15 is 0 Å². The van der Waals surface area contributed by atoms with Gasteiger partial charge in [-0.3, -0.25) is 4.21 Å². The predicted octanol–water partition coefficient (Wildman–Crippen LogP) is 2.97. The van der Waals surface area contributed by atoms with Crippen molar-refractivity contribution in [1.29, 1.82) is 0 Å². The first kappa shape index (κ1) is 16.6. The molecule has 2 rings (SSSR count). The monoisotopic (exact) mass is 312 g/mol. The van der Waals surface area contributed by atoms with Crippen LogP contribution < -0.4 is 0 Å². The topological polar surface area (TPSA) is 60.7 Å². The van der Waals surface area contributed by atoms with Gasteiger partial charge in [0.1, 0.15) is 0 Å². The third-order valence-electron chi connectivity index (χ3n) is 4.37. The summed E-state index contributed by atoms with van der Waals surface area (Å²) < 4.78 is 14.1. The summed E-state index contributed by atoms with van der Waals surface area (Å²) in [5.41, 5.74) is 0. The minimum atomic E-state index is -0.864. The molecule has 0 radical (unpaired) electrons. The van der Waals surface area contributed by atoms with Gasteiger partial charge in [-0.25, -0.2) is 4.68 Å². The van der Waals surface area contributed by atoms with Crippen molar-refractivity contribution >= 4 is 10.8 Å². The second-order valence-corrected chi connectivity index (χ2v) is 8.57. The van der Waals surface area contributed by atoms with Gasteiger partial charge in [-0.05, 0) is 67.7 Å². The normalized spacial score (nSPS) is 28.0. The molecule has 1 aliphatic carbocycles. The molecule has 1 aromatic rings. The van der Waals surface area contributed by atoms with E-state index in [1.165, 1.54) is 19.3 Å². The molecule has 5 nitrogen and oxygen atoms in total. The van der Waals surface area contributed by atoms with Gasteiger partial charge in [0.25, 0.3) is 0 Å². The first-order valence-corrected chi connectivity index (χ1v) is 9.56. The van der Waals surface area contributed by atoms with Crippen LogP contribution in [0.1, 0.15) is 65.2 Å². The number of rotatable bonds is 6. The van der Waals surface area contributed by atoms with Crippen molar-refractivity contribution in [3.63, 3.8) is 0 Å². The summed E-state index contributed by atoms with van der Waals surface area (Å²) in [5.74, 6) is 4.38. The molecular formula is C15H28N4OS. The summed E-state index contributed by atoms with van der Waals surface area (Å²) in [6.07, 6.45) is 5.02. The van der Waals surface area contributed by atoms with Crippen molar-refractivity contribution in [2.75, 3.05) is 5.75 Å². The Morgan fingerprint density at radius 3 is 2.52 bits per heavy atom. The molecule has 3 atom stereocenters. The number of hydrogen-bond acceptors (Lipinski definition) is 4. The zero-order valence-electron chi connectivity index (χ0n) is 13.7. The second-order valence-electron chi connectivity index (χ2n) is 6.99. The molecule has 0 amide bonds. The van der Waals surface area contributed by atoms with Crippen molar-refractivity contribution < 1.29 is 4.21 Å². The molecular weight excluding hydrogens is 284 g/mol. The molecule has 0 aliphatic heterocycles. The van der Waals surface area contributed by atoms with Gasteiger partial charge < -0.3 is 0 Å². The van der Waals surface area contributed by atoms with Crippen LogP contribution in [0.5, 0.6) is 0 Å². The average molecular weight is 312 g/mol. The number of tetrazole rings is 1. The van der Waals surface area contributed by atoms with Crippen LogP contribution in [-0.4, -0.2) is 30.2 Å². The lowest BCUT2D eigenvalue weighted by molar-refractivity contribution is 0.215. The molecule has 0 bridgehead atoms. The van der Waals surface area contributed by atoms with E-state index in [1.807, 2.05) is 13.8 Å². The van der Waals surface area contributed by atoms with Crippen LogP contribution in [0.2, 0.25) is 0 Å². The van der Waals surface area contributed by atoms with E-state index in [-0.39, 0.29) is 6.04 Å². The zero-order chi connectivity index (χ0) is 15.4. The van der Waals surface area contributed by atoms with Crippen molar-refractivity contribution in [3.8, 4) is 0 Å².